The number of carbonyl (C=O) groups is 6. The van der Waals surface area contributed by atoms with Gasteiger partial charge in [0.2, 0.25) is 5.91 Å². The standard InChI is InChI=1S/2C16H16NO6P.C14H12O9P2/c18-15(14-9-5-2-6-10-14)23-24(20,21)12-17-16(19)22-11-13-7-3-1-4-8-13;18-15(11-13-7-3-1-4-8-13)17-12-16(19)23-24(20,21)22-14-9-5-2-6-10-14;15-13(11-7-3-1-4-8-11)21-24(17,18)23-25(19,20)22-14(16)12-9-5-2-6-10-12/h1-10H,11-12H2,(H,17,19)(H,20,21);1-10H,11-12H2,(H,17,18)(H,20,21);1-10H,(H,17,18)(H,19,20). The number of phosphoric ester groups is 3. The van der Waals surface area contributed by atoms with Crippen molar-refractivity contribution < 1.29 is 98.3 Å². The van der Waals surface area contributed by atoms with Gasteiger partial charge in [0.1, 0.15) is 25.2 Å². The molecule has 4 atom stereocenters. The van der Waals surface area contributed by atoms with Crippen molar-refractivity contribution in [3.05, 3.63) is 210 Å². The highest BCUT2D eigenvalue weighted by Gasteiger charge is 2.41. The van der Waals surface area contributed by atoms with Crippen LogP contribution in [-0.4, -0.2) is 68.3 Å². The van der Waals surface area contributed by atoms with Crippen LogP contribution in [0.15, 0.2) is 182 Å². The van der Waals surface area contributed by atoms with Gasteiger partial charge in [0.25, 0.3) is 0 Å². The van der Waals surface area contributed by atoms with Gasteiger partial charge in [-0.05, 0) is 59.7 Å². The predicted octanol–water partition coefficient (Wildman–Crippen LogP) is 7.90. The van der Waals surface area contributed by atoms with Crippen molar-refractivity contribution >= 4 is 66.9 Å². The zero-order chi connectivity index (χ0) is 53.3. The molecule has 0 heterocycles. The summed E-state index contributed by atoms with van der Waals surface area (Å²) in [6.45, 7) is -0.513. The lowest BCUT2D eigenvalue weighted by molar-refractivity contribution is -0.136. The molecule has 0 aliphatic rings. The Labute approximate surface area is 416 Å². The number of ether oxygens (including phenoxy) is 1. The van der Waals surface area contributed by atoms with Gasteiger partial charge < -0.3 is 42.9 Å². The Balaban J connectivity index is 0.000000237. The molecule has 0 saturated heterocycles. The number of phosphoric acid groups is 3. The molecule has 6 N–H and O–H groups in total. The second-order valence-electron chi connectivity index (χ2n) is 14.1. The van der Waals surface area contributed by atoms with E-state index in [1.807, 2.05) is 12.1 Å². The predicted molar refractivity (Wildman–Crippen MR) is 257 cm³/mol. The molecular weight excluding hydrogens is 1040 g/mol. The highest BCUT2D eigenvalue weighted by Crippen LogP contribution is 2.61. The Morgan fingerprint density at radius 3 is 1.26 bits per heavy atom. The fraction of sp³-hybridized carbons (Fsp3) is 0.0870. The number of rotatable bonds is 19. The van der Waals surface area contributed by atoms with Gasteiger partial charge in [-0.3, -0.25) is 19.5 Å². The van der Waals surface area contributed by atoms with Gasteiger partial charge in [0, 0.05) is 0 Å². The SMILES string of the molecule is O=C(Cc1ccccc1)NCC(=O)OP(=O)(O)Oc1ccccc1.O=C(NCP(=O)(O)OC(=O)c1ccccc1)OCc1ccccc1.O=C(OP(=O)(O)OP(=O)(O)OC(=O)c1ccccc1)c1ccccc1. The van der Waals surface area contributed by atoms with E-state index in [1.54, 1.807) is 97.1 Å². The van der Waals surface area contributed by atoms with Gasteiger partial charge in [0.15, 0.2) is 0 Å². The van der Waals surface area contributed by atoms with E-state index < -0.39 is 79.8 Å². The number of para-hydroxylation sites is 1. The van der Waals surface area contributed by atoms with Gasteiger partial charge in [0.05, 0.1) is 23.1 Å². The van der Waals surface area contributed by atoms with Crippen molar-refractivity contribution in [1.82, 2.24) is 10.6 Å². The number of benzene rings is 6. The summed E-state index contributed by atoms with van der Waals surface area (Å²) in [6, 6.07) is 47.7. The molecule has 0 aliphatic carbocycles. The molecule has 0 spiro atoms. The van der Waals surface area contributed by atoms with Crippen LogP contribution in [0.5, 0.6) is 5.75 Å². The Bertz CT molecular complexity index is 2890. The van der Waals surface area contributed by atoms with Crippen molar-refractivity contribution in [1.29, 1.82) is 0 Å². The number of hydrogen-bond donors (Lipinski definition) is 6. The molecule has 6 rings (SSSR count). The summed E-state index contributed by atoms with van der Waals surface area (Å²) < 4.78 is 77.8. The maximum absolute atomic E-state index is 11.8. The molecule has 2 amide bonds. The van der Waals surface area contributed by atoms with Crippen molar-refractivity contribution in [2.75, 3.05) is 12.8 Å². The third kappa shape index (κ3) is 23.5. The Morgan fingerprint density at radius 2 is 0.822 bits per heavy atom. The minimum atomic E-state index is -5.32. The van der Waals surface area contributed by atoms with Crippen molar-refractivity contribution in [2.24, 2.45) is 0 Å². The van der Waals surface area contributed by atoms with E-state index in [1.165, 1.54) is 72.8 Å². The largest absolute Gasteiger partial charge is 0.587 e. The van der Waals surface area contributed by atoms with Crippen molar-refractivity contribution in [3.63, 3.8) is 0 Å². The Kier molecular flexibility index (Phi) is 22.6. The smallest absolute Gasteiger partial charge is 0.445 e. The molecular formula is C46H44N2O21P4. The molecule has 384 valence electrons. The molecule has 23 nitrogen and oxygen atoms in total. The minimum absolute atomic E-state index is 0.0200. The van der Waals surface area contributed by atoms with E-state index in [4.69, 9.17) is 9.26 Å². The number of hydrogen-bond acceptors (Lipinski definition) is 17. The zero-order valence-corrected chi connectivity index (χ0v) is 41.2. The molecule has 0 bridgehead atoms. The second-order valence-corrected chi connectivity index (χ2v) is 20.0. The van der Waals surface area contributed by atoms with E-state index in [0.717, 1.165) is 11.1 Å². The quantitative estimate of drug-likeness (QED) is 0.0420. The lowest BCUT2D eigenvalue weighted by Crippen LogP contribution is -2.31. The van der Waals surface area contributed by atoms with Gasteiger partial charge in [-0.2, -0.15) is 4.31 Å². The van der Waals surface area contributed by atoms with Crippen LogP contribution in [0.3, 0.4) is 0 Å². The van der Waals surface area contributed by atoms with Crippen LogP contribution in [0.25, 0.3) is 0 Å². The maximum atomic E-state index is 11.8. The fourth-order valence-corrected chi connectivity index (χ4v) is 8.61. The van der Waals surface area contributed by atoms with Crippen LogP contribution < -0.4 is 15.2 Å². The molecule has 0 radical (unpaired) electrons. The summed E-state index contributed by atoms with van der Waals surface area (Å²) >= 11 is 0. The molecule has 27 heteroatoms. The van der Waals surface area contributed by atoms with E-state index in [0.29, 0.717) is 0 Å². The Hall–Kier alpha value is -7.54. The highest BCUT2D eigenvalue weighted by molar-refractivity contribution is 7.61. The number of amides is 2. The summed E-state index contributed by atoms with van der Waals surface area (Å²) in [5, 5.41) is 4.41. The summed E-state index contributed by atoms with van der Waals surface area (Å²) in [7, 11) is -19.6. The maximum Gasteiger partial charge on any atom is 0.587 e. The average molecular weight is 1080 g/mol. The monoisotopic (exact) mass is 1080 g/mol. The molecule has 6 aromatic rings. The van der Waals surface area contributed by atoms with Crippen LogP contribution in [0.1, 0.15) is 42.2 Å². The van der Waals surface area contributed by atoms with E-state index in [2.05, 4.69) is 33.0 Å². The summed E-state index contributed by atoms with van der Waals surface area (Å²) in [4.78, 5) is 108. The second kappa shape index (κ2) is 28.5. The average Bonchev–Trinajstić information content (AvgIpc) is 3.35. The summed E-state index contributed by atoms with van der Waals surface area (Å²) in [5.41, 5.74) is 1.52. The topological polar surface area (TPSA) is 340 Å². The van der Waals surface area contributed by atoms with E-state index in [9.17, 15) is 66.6 Å². The van der Waals surface area contributed by atoms with Crippen LogP contribution in [-0.2, 0) is 68.0 Å². The molecule has 6 aromatic carbocycles. The number of alkyl carbamates (subject to hydrolysis) is 1. The molecule has 73 heavy (non-hydrogen) atoms. The van der Waals surface area contributed by atoms with Gasteiger partial charge >= 0.3 is 61.0 Å². The minimum Gasteiger partial charge on any atom is -0.445 e. The first kappa shape index (κ1) is 58.0. The third-order valence-electron chi connectivity index (χ3n) is 8.31. The van der Waals surface area contributed by atoms with Crippen molar-refractivity contribution in [3.8, 4) is 5.75 Å². The number of nitrogens with one attached hydrogen (secondary N) is 2. The summed E-state index contributed by atoms with van der Waals surface area (Å²) in [5.74, 6) is -4.86. The van der Waals surface area contributed by atoms with Crippen molar-refractivity contribution in [2.45, 2.75) is 13.0 Å². The molecule has 0 saturated carbocycles. The molecule has 0 fully saturated rings. The first-order chi connectivity index (χ1) is 34.6. The Morgan fingerprint density at radius 1 is 0.438 bits per heavy atom. The van der Waals surface area contributed by atoms with Gasteiger partial charge in [-0.15, -0.1) is 0 Å². The van der Waals surface area contributed by atoms with Gasteiger partial charge in [-0.1, -0.05) is 133 Å². The first-order valence-corrected chi connectivity index (χ1v) is 26.9. The third-order valence-corrected chi connectivity index (χ3v) is 12.6. The van der Waals surface area contributed by atoms with Crippen LogP contribution in [0, 0.1) is 0 Å². The summed E-state index contributed by atoms with van der Waals surface area (Å²) in [6.07, 6.45) is -1.53. The van der Waals surface area contributed by atoms with Crippen LogP contribution in [0.4, 0.5) is 4.79 Å². The van der Waals surface area contributed by atoms with Crippen LogP contribution >= 0.6 is 31.1 Å². The zero-order valence-electron chi connectivity index (χ0n) is 37.7. The molecule has 0 aliphatic heterocycles. The van der Waals surface area contributed by atoms with E-state index >= 15 is 0 Å². The lowest BCUT2D eigenvalue weighted by Gasteiger charge is -2.15. The normalized spacial score (nSPS) is 13.6. The van der Waals surface area contributed by atoms with E-state index in [-0.39, 0.29) is 35.5 Å². The fourth-order valence-electron chi connectivity index (χ4n) is 5.16. The van der Waals surface area contributed by atoms with Gasteiger partial charge in [-0.25, -0.2) is 42.2 Å². The number of carbonyl (C=O) groups excluding carboxylic acids is 6. The molecule has 0 aromatic heterocycles. The molecule has 4 unspecified atom stereocenters. The lowest BCUT2D eigenvalue weighted by atomic mass is 10.1. The van der Waals surface area contributed by atoms with Crippen LogP contribution in [0.2, 0.25) is 0 Å². The highest BCUT2D eigenvalue weighted by atomic mass is 31.3. The first-order valence-electron chi connectivity index (χ1n) is 20.7.